The second kappa shape index (κ2) is 10.6. The van der Waals surface area contributed by atoms with Crippen LogP contribution >= 0.6 is 11.3 Å². The van der Waals surface area contributed by atoms with Crippen LogP contribution in [0.2, 0.25) is 0 Å². The lowest BCUT2D eigenvalue weighted by molar-refractivity contribution is -0.135. The largest absolute Gasteiger partial charge is 0.497 e. The summed E-state index contributed by atoms with van der Waals surface area (Å²) in [5.74, 6) is 0.327. The van der Waals surface area contributed by atoms with Gasteiger partial charge in [0.05, 0.1) is 38.0 Å². The van der Waals surface area contributed by atoms with E-state index in [0.717, 1.165) is 11.3 Å². The number of thiazole rings is 1. The summed E-state index contributed by atoms with van der Waals surface area (Å²) < 4.78 is 17.6. The number of benzene rings is 2. The number of nitrogens with zero attached hydrogens (tertiary/aromatic N) is 1. The van der Waals surface area contributed by atoms with Crippen LogP contribution in [0, 0.1) is 0 Å². The number of ether oxygens (including phenoxy) is 3. The van der Waals surface area contributed by atoms with Gasteiger partial charge in [0.25, 0.3) is 5.56 Å². The van der Waals surface area contributed by atoms with Crippen LogP contribution in [0.4, 0.5) is 0 Å². The molecular formula is C24H23NO6S. The third-order valence-corrected chi connectivity index (χ3v) is 5.65. The summed E-state index contributed by atoms with van der Waals surface area (Å²) in [4.78, 5) is 38.0. The van der Waals surface area contributed by atoms with Crippen molar-refractivity contribution in [2.75, 3.05) is 20.8 Å². The Labute approximate surface area is 188 Å². The van der Waals surface area contributed by atoms with Crippen molar-refractivity contribution in [3.63, 3.8) is 0 Å². The maximum atomic E-state index is 13.2. The molecule has 8 heteroatoms. The predicted octanol–water partition coefficient (Wildman–Crippen LogP) is 1.98. The lowest BCUT2D eigenvalue weighted by Gasteiger charge is -2.06. The van der Waals surface area contributed by atoms with Gasteiger partial charge in [0.1, 0.15) is 16.2 Å². The Balaban J connectivity index is 2.13. The van der Waals surface area contributed by atoms with Gasteiger partial charge in [-0.1, -0.05) is 30.3 Å². The number of rotatable bonds is 8. The second-order valence-electron chi connectivity index (χ2n) is 6.63. The molecule has 0 bridgehead atoms. The van der Waals surface area contributed by atoms with Crippen LogP contribution in [-0.2, 0) is 16.1 Å². The zero-order chi connectivity index (χ0) is 23.1. The molecule has 0 unspecified atom stereocenters. The molecule has 32 heavy (non-hydrogen) atoms. The van der Waals surface area contributed by atoms with E-state index in [9.17, 15) is 14.4 Å². The molecule has 0 radical (unpaired) electrons. The number of ketones is 1. The average Bonchev–Trinajstić information content (AvgIpc) is 3.08. The molecular weight excluding hydrogens is 430 g/mol. The zero-order valence-corrected chi connectivity index (χ0v) is 18.8. The molecule has 7 nitrogen and oxygen atoms in total. The van der Waals surface area contributed by atoms with Crippen LogP contribution in [-0.4, -0.2) is 37.1 Å². The number of methoxy groups -OCH3 is 2. The number of hydrogen-bond donors (Lipinski definition) is 0. The summed E-state index contributed by atoms with van der Waals surface area (Å²) in [6.45, 7) is 1.70. The Hall–Kier alpha value is -3.65. The third-order valence-electron chi connectivity index (χ3n) is 4.59. The SMILES string of the molecule is CCOC(=O)/C=c1\s/c(=C/c2ccc(OC)cc2OC)c(=O)n1CC(=O)c1ccccc1. The van der Waals surface area contributed by atoms with E-state index < -0.39 is 5.97 Å². The lowest BCUT2D eigenvalue weighted by atomic mass is 10.1. The summed E-state index contributed by atoms with van der Waals surface area (Å²) in [6.07, 6.45) is 2.90. The highest BCUT2D eigenvalue weighted by Crippen LogP contribution is 2.24. The quantitative estimate of drug-likeness (QED) is 0.383. The number of aromatic nitrogens is 1. The highest BCUT2D eigenvalue weighted by molar-refractivity contribution is 7.07. The van der Waals surface area contributed by atoms with E-state index in [1.54, 1.807) is 62.6 Å². The standard InChI is InChI=1S/C24H23NO6S/c1-4-31-23(27)14-22-25(15-19(26)16-8-6-5-7-9-16)24(28)21(32-22)12-17-10-11-18(29-2)13-20(17)30-3/h5-14H,4,15H2,1-3H3/b21-12+,22-14-. The minimum absolute atomic E-state index is 0.196. The molecule has 0 amide bonds. The van der Waals surface area contributed by atoms with Crippen molar-refractivity contribution in [2.24, 2.45) is 0 Å². The van der Waals surface area contributed by atoms with E-state index >= 15 is 0 Å². The van der Waals surface area contributed by atoms with Gasteiger partial charge in [-0.05, 0) is 25.1 Å². The maximum absolute atomic E-state index is 13.2. The molecule has 2 aromatic carbocycles. The lowest BCUT2D eigenvalue weighted by Crippen LogP contribution is -2.34. The van der Waals surface area contributed by atoms with Crippen molar-refractivity contribution in [3.8, 4) is 11.5 Å². The van der Waals surface area contributed by atoms with Gasteiger partial charge in [-0.2, -0.15) is 0 Å². The highest BCUT2D eigenvalue weighted by atomic mass is 32.1. The fourth-order valence-corrected chi connectivity index (χ4v) is 4.04. The molecule has 3 aromatic rings. The van der Waals surface area contributed by atoms with Gasteiger partial charge in [0.15, 0.2) is 5.78 Å². The zero-order valence-electron chi connectivity index (χ0n) is 18.0. The van der Waals surface area contributed by atoms with E-state index in [1.807, 2.05) is 6.07 Å². The molecule has 1 aromatic heterocycles. The predicted molar refractivity (Wildman–Crippen MR) is 123 cm³/mol. The van der Waals surface area contributed by atoms with E-state index in [-0.39, 0.29) is 24.5 Å². The first kappa shape index (κ1) is 23.0. The van der Waals surface area contributed by atoms with Crippen molar-refractivity contribution < 1.29 is 23.8 Å². The molecule has 0 fully saturated rings. The van der Waals surface area contributed by atoms with Gasteiger partial charge in [-0.15, -0.1) is 11.3 Å². The number of esters is 1. The van der Waals surface area contributed by atoms with E-state index in [1.165, 1.54) is 17.8 Å². The molecule has 1 heterocycles. The first-order chi connectivity index (χ1) is 15.5. The molecule has 166 valence electrons. The van der Waals surface area contributed by atoms with Crippen molar-refractivity contribution in [2.45, 2.75) is 13.5 Å². The highest BCUT2D eigenvalue weighted by Gasteiger charge is 2.13. The molecule has 0 aliphatic heterocycles. The van der Waals surface area contributed by atoms with Gasteiger partial charge >= 0.3 is 5.97 Å². The average molecular weight is 454 g/mol. The summed E-state index contributed by atoms with van der Waals surface area (Å²) >= 11 is 1.10. The molecule has 0 saturated heterocycles. The maximum Gasteiger partial charge on any atom is 0.333 e. The molecule has 0 atom stereocenters. The summed E-state index contributed by atoms with van der Waals surface area (Å²) in [5.41, 5.74) is 0.763. The summed E-state index contributed by atoms with van der Waals surface area (Å²) in [7, 11) is 3.08. The number of hydrogen-bond acceptors (Lipinski definition) is 7. The van der Waals surface area contributed by atoms with Crippen molar-refractivity contribution in [1.82, 2.24) is 4.57 Å². The first-order valence-corrected chi connectivity index (χ1v) is 10.7. The molecule has 0 saturated carbocycles. The molecule has 3 rings (SSSR count). The second-order valence-corrected chi connectivity index (χ2v) is 7.70. The van der Waals surface area contributed by atoms with E-state index in [0.29, 0.717) is 31.8 Å². The minimum Gasteiger partial charge on any atom is -0.497 e. The molecule has 0 aliphatic rings. The molecule has 0 N–H and O–H groups in total. The van der Waals surface area contributed by atoms with Crippen molar-refractivity contribution in [3.05, 3.63) is 79.2 Å². The van der Waals surface area contributed by atoms with Crippen molar-refractivity contribution in [1.29, 1.82) is 0 Å². The Bertz CT molecular complexity index is 1290. The topological polar surface area (TPSA) is 83.8 Å². The van der Waals surface area contributed by atoms with Gasteiger partial charge in [-0.25, -0.2) is 4.79 Å². The Morgan fingerprint density at radius 3 is 2.47 bits per heavy atom. The summed E-state index contributed by atoms with van der Waals surface area (Å²) in [5, 5.41) is 0. The minimum atomic E-state index is -0.580. The fourth-order valence-electron chi connectivity index (χ4n) is 3.02. The number of Topliss-reactive ketones (excluding diaryl/α,β-unsaturated/α-hetero) is 1. The molecule has 0 aliphatic carbocycles. The van der Waals surface area contributed by atoms with Crippen LogP contribution in [0.1, 0.15) is 22.8 Å². The molecule has 0 spiro atoms. The van der Waals surface area contributed by atoms with Gasteiger partial charge < -0.3 is 14.2 Å². The van der Waals surface area contributed by atoms with Crippen LogP contribution in [0.3, 0.4) is 0 Å². The van der Waals surface area contributed by atoms with Gasteiger partial charge in [0.2, 0.25) is 0 Å². The van der Waals surface area contributed by atoms with Crippen molar-refractivity contribution >= 4 is 35.2 Å². The Morgan fingerprint density at radius 2 is 1.81 bits per heavy atom. The van der Waals surface area contributed by atoms with Crippen LogP contribution < -0.4 is 24.2 Å². The smallest absolute Gasteiger partial charge is 0.333 e. The van der Waals surface area contributed by atoms with Crippen LogP contribution in [0.25, 0.3) is 12.2 Å². The normalized spacial score (nSPS) is 12.0. The fraction of sp³-hybridized carbons (Fsp3) is 0.208. The van der Waals surface area contributed by atoms with Gasteiger partial charge in [0, 0.05) is 17.2 Å². The van der Waals surface area contributed by atoms with Crippen LogP contribution in [0.15, 0.2) is 53.3 Å². The summed E-state index contributed by atoms with van der Waals surface area (Å²) in [6, 6.07) is 13.9. The number of carbonyl (C=O) groups is 2. The first-order valence-electron chi connectivity index (χ1n) is 9.87. The van der Waals surface area contributed by atoms with E-state index in [2.05, 4.69) is 0 Å². The van der Waals surface area contributed by atoms with Gasteiger partial charge in [-0.3, -0.25) is 14.2 Å². The third kappa shape index (κ3) is 5.33. The monoisotopic (exact) mass is 453 g/mol. The number of carbonyl (C=O) groups excluding carboxylic acids is 2. The van der Waals surface area contributed by atoms with Crippen LogP contribution in [0.5, 0.6) is 11.5 Å². The Kier molecular flexibility index (Phi) is 7.62. The van der Waals surface area contributed by atoms with E-state index in [4.69, 9.17) is 14.2 Å². The Morgan fingerprint density at radius 1 is 1.06 bits per heavy atom.